The molecule has 0 fully saturated rings. The Morgan fingerprint density at radius 2 is 1.40 bits per heavy atom. The molecule has 6 nitrogen and oxygen atoms in total. The molecular formula is C36H43O6-. The molecule has 0 unspecified atom stereocenters. The first kappa shape index (κ1) is 32.6. The number of rotatable bonds is 15. The van der Waals surface area contributed by atoms with Gasteiger partial charge in [0, 0.05) is 0 Å². The maximum Gasteiger partial charge on any atom is 0.343 e. The molecule has 0 aliphatic heterocycles. The second-order valence-electron chi connectivity index (χ2n) is 11.0. The van der Waals surface area contributed by atoms with Gasteiger partial charge in [0.25, 0.3) is 0 Å². The molecule has 0 saturated carbocycles. The first-order valence-electron chi connectivity index (χ1n) is 15.2. The van der Waals surface area contributed by atoms with Gasteiger partial charge in [-0.3, -0.25) is 0 Å². The van der Waals surface area contributed by atoms with Crippen molar-refractivity contribution in [2.75, 3.05) is 0 Å². The molecule has 0 spiro atoms. The molecule has 0 N–H and O–H groups in total. The SMILES string of the molecule is CCCCC[C@@H](C)OC(=O)c1ccc(-c2ccc(OC(=O)c3ccc(C(=O)[O-])cc3)c(CC)c2)c([C@H](C)CCCC)c1. The van der Waals surface area contributed by atoms with Gasteiger partial charge in [-0.05, 0) is 103 Å². The number of carboxylic acids is 1. The quantitative estimate of drug-likeness (QED) is 0.105. The number of hydrogen-bond donors (Lipinski definition) is 0. The number of esters is 2. The van der Waals surface area contributed by atoms with Crippen LogP contribution < -0.4 is 9.84 Å². The Kier molecular flexibility index (Phi) is 12.3. The summed E-state index contributed by atoms with van der Waals surface area (Å²) in [4.78, 5) is 36.8. The van der Waals surface area contributed by atoms with Crippen LogP contribution in [0.15, 0.2) is 60.7 Å². The third-order valence-electron chi connectivity index (χ3n) is 7.64. The smallest absolute Gasteiger partial charge is 0.343 e. The van der Waals surface area contributed by atoms with Gasteiger partial charge in [0.05, 0.1) is 23.2 Å². The number of aromatic carboxylic acids is 1. The molecule has 2 atom stereocenters. The molecule has 0 aliphatic rings. The lowest BCUT2D eigenvalue weighted by atomic mass is 9.86. The molecule has 0 radical (unpaired) electrons. The number of aryl methyl sites for hydroxylation is 1. The summed E-state index contributed by atoms with van der Waals surface area (Å²) >= 11 is 0. The second-order valence-corrected chi connectivity index (χ2v) is 11.0. The highest BCUT2D eigenvalue weighted by molar-refractivity contribution is 5.93. The summed E-state index contributed by atoms with van der Waals surface area (Å²) < 4.78 is 11.5. The summed E-state index contributed by atoms with van der Waals surface area (Å²) in [6, 6.07) is 17.0. The highest BCUT2D eigenvalue weighted by Crippen LogP contribution is 2.35. The molecule has 3 rings (SSSR count). The average molecular weight is 572 g/mol. The van der Waals surface area contributed by atoms with E-state index in [2.05, 4.69) is 20.8 Å². The number of carbonyl (C=O) groups is 3. The predicted octanol–water partition coefficient (Wildman–Crippen LogP) is 7.92. The van der Waals surface area contributed by atoms with E-state index in [1.807, 2.05) is 44.2 Å². The molecule has 0 amide bonds. The summed E-state index contributed by atoms with van der Waals surface area (Å²) in [6.07, 6.45) is 7.86. The lowest BCUT2D eigenvalue weighted by molar-refractivity contribution is -0.255. The van der Waals surface area contributed by atoms with Crippen LogP contribution in [0.3, 0.4) is 0 Å². The van der Waals surface area contributed by atoms with Crippen molar-refractivity contribution >= 4 is 17.9 Å². The second kappa shape index (κ2) is 15.9. The lowest BCUT2D eigenvalue weighted by Gasteiger charge is -2.20. The van der Waals surface area contributed by atoms with Crippen LogP contribution in [-0.4, -0.2) is 24.0 Å². The Balaban J connectivity index is 1.88. The van der Waals surface area contributed by atoms with E-state index >= 15 is 0 Å². The van der Waals surface area contributed by atoms with Crippen LogP contribution in [0.1, 0.15) is 128 Å². The van der Waals surface area contributed by atoms with Crippen molar-refractivity contribution in [3.63, 3.8) is 0 Å². The first-order chi connectivity index (χ1) is 20.2. The number of carbonyl (C=O) groups excluding carboxylic acids is 3. The molecule has 0 aliphatic carbocycles. The van der Waals surface area contributed by atoms with E-state index in [0.29, 0.717) is 17.7 Å². The van der Waals surface area contributed by atoms with Crippen LogP contribution in [0.25, 0.3) is 11.1 Å². The number of ether oxygens (including phenoxy) is 2. The van der Waals surface area contributed by atoms with Crippen molar-refractivity contribution in [1.29, 1.82) is 0 Å². The monoisotopic (exact) mass is 571 g/mol. The molecule has 0 aromatic heterocycles. The van der Waals surface area contributed by atoms with Crippen LogP contribution >= 0.6 is 0 Å². The van der Waals surface area contributed by atoms with Gasteiger partial charge in [-0.1, -0.05) is 77.6 Å². The molecule has 0 saturated heterocycles. The normalized spacial score (nSPS) is 12.4. The van der Waals surface area contributed by atoms with E-state index in [0.717, 1.165) is 67.2 Å². The molecular weight excluding hydrogens is 528 g/mol. The molecule has 3 aromatic carbocycles. The predicted molar refractivity (Wildman–Crippen MR) is 164 cm³/mol. The molecule has 0 bridgehead atoms. The van der Waals surface area contributed by atoms with Crippen molar-refractivity contribution in [2.45, 2.75) is 98.0 Å². The Bertz CT molecular complexity index is 1360. The fraction of sp³-hybridized carbons (Fsp3) is 0.417. The van der Waals surface area contributed by atoms with Crippen LogP contribution in [0.4, 0.5) is 0 Å². The summed E-state index contributed by atoms with van der Waals surface area (Å²) in [5.74, 6) is -1.47. The Hall–Kier alpha value is -3.93. The van der Waals surface area contributed by atoms with Crippen LogP contribution in [0, 0.1) is 0 Å². The van der Waals surface area contributed by atoms with Crippen molar-refractivity contribution in [3.8, 4) is 16.9 Å². The maximum absolute atomic E-state index is 13.0. The third-order valence-corrected chi connectivity index (χ3v) is 7.64. The Morgan fingerprint density at radius 1 is 0.738 bits per heavy atom. The summed E-state index contributed by atoms with van der Waals surface area (Å²) in [5.41, 5.74) is 4.79. The number of carboxylic acid groups (broad SMARTS) is 1. The minimum atomic E-state index is -1.30. The third kappa shape index (κ3) is 8.78. The molecule has 6 heteroatoms. The van der Waals surface area contributed by atoms with Crippen LogP contribution in [0.2, 0.25) is 0 Å². The zero-order valence-electron chi connectivity index (χ0n) is 25.5. The van der Waals surface area contributed by atoms with Crippen molar-refractivity contribution in [2.24, 2.45) is 0 Å². The number of benzene rings is 3. The standard InChI is InChI=1S/C36H44O6/c1-6-9-11-13-25(5)41-36(40)30-18-20-31(32(23-30)24(4)12-10-7-2)29-19-21-33(26(8-3)22-29)42-35(39)28-16-14-27(15-17-28)34(37)38/h14-25H,6-13H2,1-5H3,(H,37,38)/p-1/t24-,25-/m1/s1. The van der Waals surface area contributed by atoms with Gasteiger partial charge >= 0.3 is 11.9 Å². The molecule has 42 heavy (non-hydrogen) atoms. The summed E-state index contributed by atoms with van der Waals surface area (Å²) in [7, 11) is 0. The van der Waals surface area contributed by atoms with Gasteiger partial charge < -0.3 is 19.4 Å². The van der Waals surface area contributed by atoms with Gasteiger partial charge in [0.2, 0.25) is 0 Å². The zero-order chi connectivity index (χ0) is 30.6. The van der Waals surface area contributed by atoms with Gasteiger partial charge in [-0.2, -0.15) is 0 Å². The van der Waals surface area contributed by atoms with Gasteiger partial charge in [-0.15, -0.1) is 0 Å². The van der Waals surface area contributed by atoms with Crippen molar-refractivity contribution in [1.82, 2.24) is 0 Å². The zero-order valence-corrected chi connectivity index (χ0v) is 25.5. The van der Waals surface area contributed by atoms with E-state index in [9.17, 15) is 19.5 Å². The minimum Gasteiger partial charge on any atom is -0.545 e. The van der Waals surface area contributed by atoms with Crippen molar-refractivity contribution in [3.05, 3.63) is 88.5 Å². The van der Waals surface area contributed by atoms with Crippen LogP contribution in [0.5, 0.6) is 5.75 Å². The fourth-order valence-electron chi connectivity index (χ4n) is 5.04. The average Bonchev–Trinajstić information content (AvgIpc) is 2.99. The minimum absolute atomic E-state index is 0.00474. The van der Waals surface area contributed by atoms with E-state index in [1.165, 1.54) is 24.3 Å². The largest absolute Gasteiger partial charge is 0.545 e. The van der Waals surface area contributed by atoms with Gasteiger partial charge in [0.15, 0.2) is 0 Å². The summed E-state index contributed by atoms with van der Waals surface area (Å²) in [6.45, 7) is 10.5. The number of hydrogen-bond acceptors (Lipinski definition) is 6. The topological polar surface area (TPSA) is 92.7 Å². The maximum atomic E-state index is 13.0. The molecule has 224 valence electrons. The summed E-state index contributed by atoms with van der Waals surface area (Å²) in [5, 5.41) is 11.0. The fourth-order valence-corrected chi connectivity index (χ4v) is 5.04. The van der Waals surface area contributed by atoms with Crippen LogP contribution in [-0.2, 0) is 11.2 Å². The van der Waals surface area contributed by atoms with Gasteiger partial charge in [0.1, 0.15) is 5.75 Å². The van der Waals surface area contributed by atoms with E-state index in [-0.39, 0.29) is 29.1 Å². The first-order valence-corrected chi connectivity index (χ1v) is 15.2. The van der Waals surface area contributed by atoms with Gasteiger partial charge in [-0.25, -0.2) is 9.59 Å². The highest BCUT2D eigenvalue weighted by atomic mass is 16.5. The van der Waals surface area contributed by atoms with Crippen molar-refractivity contribution < 1.29 is 29.0 Å². The Morgan fingerprint density at radius 3 is 2.05 bits per heavy atom. The Labute approximate surface area is 250 Å². The molecule has 3 aromatic rings. The highest BCUT2D eigenvalue weighted by Gasteiger charge is 2.19. The molecule has 0 heterocycles. The number of unbranched alkanes of at least 4 members (excludes halogenated alkanes) is 3. The van der Waals surface area contributed by atoms with E-state index < -0.39 is 11.9 Å². The lowest BCUT2D eigenvalue weighted by Crippen LogP contribution is -2.22. The van der Waals surface area contributed by atoms with E-state index in [1.54, 1.807) is 6.07 Å². The van der Waals surface area contributed by atoms with E-state index in [4.69, 9.17) is 9.47 Å².